The van der Waals surface area contributed by atoms with Crippen molar-refractivity contribution >= 4 is 17.6 Å². The van der Waals surface area contributed by atoms with Crippen molar-refractivity contribution in [1.29, 1.82) is 0 Å². The third kappa shape index (κ3) is 5.71. The minimum atomic E-state index is -1.03. The highest BCUT2D eigenvalue weighted by Crippen LogP contribution is 2.08. The van der Waals surface area contributed by atoms with Crippen molar-refractivity contribution in [3.05, 3.63) is 29.8 Å². The highest BCUT2D eigenvalue weighted by molar-refractivity contribution is 5.81. The largest absolute Gasteiger partial charge is 0.480 e. The molecule has 0 atom stereocenters. The van der Waals surface area contributed by atoms with Gasteiger partial charge in [0, 0.05) is 25.8 Å². The van der Waals surface area contributed by atoms with E-state index in [1.165, 1.54) is 12.0 Å². The summed E-state index contributed by atoms with van der Waals surface area (Å²) in [4.78, 5) is 24.0. The quantitative estimate of drug-likeness (QED) is 0.686. The van der Waals surface area contributed by atoms with Gasteiger partial charge in [-0.1, -0.05) is 12.1 Å². The van der Waals surface area contributed by atoms with Gasteiger partial charge in [0.05, 0.1) is 6.61 Å². The van der Waals surface area contributed by atoms with E-state index in [4.69, 9.17) is 15.6 Å². The van der Waals surface area contributed by atoms with Gasteiger partial charge in [0.2, 0.25) is 5.91 Å². The molecule has 0 aliphatic rings. The second-order valence-corrected chi connectivity index (χ2v) is 4.44. The number of nitrogens with zero attached hydrogens (tertiary/aromatic N) is 1. The zero-order valence-electron chi connectivity index (χ0n) is 11.5. The fourth-order valence-electron chi connectivity index (χ4n) is 1.75. The topological polar surface area (TPSA) is 92.9 Å². The third-order valence-electron chi connectivity index (χ3n) is 2.85. The summed E-state index contributed by atoms with van der Waals surface area (Å²) in [7, 11) is 1.51. The van der Waals surface area contributed by atoms with Crippen molar-refractivity contribution < 1.29 is 19.4 Å². The molecule has 0 aliphatic carbocycles. The number of hydrogen-bond donors (Lipinski definition) is 2. The molecule has 0 bridgehead atoms. The van der Waals surface area contributed by atoms with E-state index >= 15 is 0 Å². The number of anilines is 1. The SMILES string of the molecule is COCCN(CC(=O)O)C(=O)CCc1ccc(N)cc1. The Bertz CT molecular complexity index is 445. The molecule has 1 amide bonds. The summed E-state index contributed by atoms with van der Waals surface area (Å²) in [5, 5.41) is 8.80. The number of carboxylic acids is 1. The van der Waals surface area contributed by atoms with E-state index in [0.717, 1.165) is 5.56 Å². The minimum absolute atomic E-state index is 0.193. The summed E-state index contributed by atoms with van der Waals surface area (Å²) in [6.07, 6.45) is 0.823. The smallest absolute Gasteiger partial charge is 0.323 e. The number of aliphatic carboxylic acids is 1. The van der Waals surface area contributed by atoms with Crippen molar-refractivity contribution in [1.82, 2.24) is 4.90 Å². The summed E-state index contributed by atoms with van der Waals surface area (Å²) < 4.78 is 4.88. The molecule has 20 heavy (non-hydrogen) atoms. The van der Waals surface area contributed by atoms with E-state index in [2.05, 4.69) is 0 Å². The van der Waals surface area contributed by atoms with Crippen LogP contribution in [-0.2, 0) is 20.7 Å². The lowest BCUT2D eigenvalue weighted by atomic mass is 10.1. The van der Waals surface area contributed by atoms with Crippen molar-refractivity contribution in [3.8, 4) is 0 Å². The Morgan fingerprint density at radius 3 is 2.50 bits per heavy atom. The lowest BCUT2D eigenvalue weighted by Crippen LogP contribution is -2.38. The summed E-state index contributed by atoms with van der Waals surface area (Å²) in [6.45, 7) is 0.300. The van der Waals surface area contributed by atoms with Gasteiger partial charge in [-0.25, -0.2) is 0 Å². The number of amides is 1. The van der Waals surface area contributed by atoms with Crippen LogP contribution in [0.15, 0.2) is 24.3 Å². The van der Waals surface area contributed by atoms with Gasteiger partial charge in [0.25, 0.3) is 0 Å². The van der Waals surface area contributed by atoms with Gasteiger partial charge in [-0.3, -0.25) is 9.59 Å². The van der Waals surface area contributed by atoms with E-state index < -0.39 is 5.97 Å². The van der Waals surface area contributed by atoms with Crippen molar-refractivity contribution in [3.63, 3.8) is 0 Å². The maximum absolute atomic E-state index is 12.0. The first-order valence-corrected chi connectivity index (χ1v) is 6.36. The van der Waals surface area contributed by atoms with Gasteiger partial charge in [-0.15, -0.1) is 0 Å². The second kappa shape index (κ2) is 8.16. The Labute approximate surface area is 118 Å². The van der Waals surface area contributed by atoms with Crippen LogP contribution in [0.1, 0.15) is 12.0 Å². The Morgan fingerprint density at radius 1 is 1.30 bits per heavy atom. The predicted octanol–water partition coefficient (Wildman–Crippen LogP) is 0.761. The Balaban J connectivity index is 2.51. The second-order valence-electron chi connectivity index (χ2n) is 4.44. The lowest BCUT2D eigenvalue weighted by molar-refractivity contribution is -0.144. The highest BCUT2D eigenvalue weighted by atomic mass is 16.5. The van der Waals surface area contributed by atoms with Crippen LogP contribution in [0.25, 0.3) is 0 Å². The molecule has 1 aromatic rings. The number of methoxy groups -OCH3 is 1. The third-order valence-corrected chi connectivity index (χ3v) is 2.85. The van der Waals surface area contributed by atoms with Crippen LogP contribution in [0.3, 0.4) is 0 Å². The van der Waals surface area contributed by atoms with Gasteiger partial charge in [-0.05, 0) is 24.1 Å². The molecule has 0 saturated carbocycles. The van der Waals surface area contributed by atoms with E-state index in [1.54, 1.807) is 12.1 Å². The number of nitrogen functional groups attached to an aromatic ring is 1. The van der Waals surface area contributed by atoms with Crippen LogP contribution < -0.4 is 5.73 Å². The van der Waals surface area contributed by atoms with Crippen LogP contribution in [0.2, 0.25) is 0 Å². The van der Waals surface area contributed by atoms with Gasteiger partial charge in [-0.2, -0.15) is 0 Å². The number of benzene rings is 1. The highest BCUT2D eigenvalue weighted by Gasteiger charge is 2.16. The van der Waals surface area contributed by atoms with Crippen LogP contribution in [0.4, 0.5) is 5.69 Å². The number of ether oxygens (including phenoxy) is 1. The lowest BCUT2D eigenvalue weighted by Gasteiger charge is -2.20. The molecule has 6 heteroatoms. The Morgan fingerprint density at radius 2 is 1.95 bits per heavy atom. The predicted molar refractivity (Wildman–Crippen MR) is 75.3 cm³/mol. The van der Waals surface area contributed by atoms with Gasteiger partial charge < -0.3 is 20.5 Å². The van der Waals surface area contributed by atoms with Crippen molar-refractivity contribution in [2.45, 2.75) is 12.8 Å². The summed E-state index contributed by atoms with van der Waals surface area (Å²) >= 11 is 0. The summed E-state index contributed by atoms with van der Waals surface area (Å²) in [6, 6.07) is 7.28. The average Bonchev–Trinajstić information content (AvgIpc) is 2.42. The molecular formula is C14H20N2O4. The molecule has 6 nitrogen and oxygen atoms in total. The molecule has 0 aromatic heterocycles. The van der Waals surface area contributed by atoms with E-state index in [1.807, 2.05) is 12.1 Å². The fraction of sp³-hybridized carbons (Fsp3) is 0.429. The fourth-order valence-corrected chi connectivity index (χ4v) is 1.75. The zero-order valence-corrected chi connectivity index (χ0v) is 11.5. The Hall–Kier alpha value is -2.08. The Kier molecular flexibility index (Phi) is 6.52. The number of carboxylic acid groups (broad SMARTS) is 1. The molecule has 0 radical (unpaired) electrons. The maximum atomic E-state index is 12.0. The minimum Gasteiger partial charge on any atom is -0.480 e. The molecule has 0 unspecified atom stereocenters. The average molecular weight is 280 g/mol. The van der Waals surface area contributed by atoms with Gasteiger partial charge in [0.15, 0.2) is 0 Å². The number of carbonyl (C=O) groups is 2. The number of rotatable bonds is 8. The molecule has 1 rings (SSSR count). The van der Waals surface area contributed by atoms with E-state index in [0.29, 0.717) is 18.7 Å². The molecule has 0 aliphatic heterocycles. The normalized spacial score (nSPS) is 10.2. The first-order valence-electron chi connectivity index (χ1n) is 6.36. The first-order chi connectivity index (χ1) is 9.52. The summed E-state index contributed by atoms with van der Waals surface area (Å²) in [5.41, 5.74) is 7.25. The molecule has 0 spiro atoms. The molecule has 0 saturated heterocycles. The zero-order chi connectivity index (χ0) is 15.0. The molecular weight excluding hydrogens is 260 g/mol. The number of hydrogen-bond acceptors (Lipinski definition) is 4. The van der Waals surface area contributed by atoms with Gasteiger partial charge >= 0.3 is 5.97 Å². The van der Waals surface area contributed by atoms with Crippen LogP contribution in [0.5, 0.6) is 0 Å². The van der Waals surface area contributed by atoms with E-state index in [-0.39, 0.29) is 25.4 Å². The molecule has 110 valence electrons. The monoisotopic (exact) mass is 280 g/mol. The number of aryl methyl sites for hydroxylation is 1. The molecule has 1 aromatic carbocycles. The molecule has 0 fully saturated rings. The van der Waals surface area contributed by atoms with Crippen LogP contribution >= 0.6 is 0 Å². The van der Waals surface area contributed by atoms with Crippen LogP contribution in [-0.4, -0.2) is 48.7 Å². The van der Waals surface area contributed by atoms with Gasteiger partial charge in [0.1, 0.15) is 6.54 Å². The molecule has 3 N–H and O–H groups in total. The van der Waals surface area contributed by atoms with E-state index in [9.17, 15) is 9.59 Å². The number of nitrogens with two attached hydrogens (primary N) is 1. The maximum Gasteiger partial charge on any atom is 0.323 e. The first kappa shape index (κ1) is 16.0. The van der Waals surface area contributed by atoms with Crippen molar-refractivity contribution in [2.24, 2.45) is 0 Å². The van der Waals surface area contributed by atoms with Crippen molar-refractivity contribution in [2.75, 3.05) is 32.5 Å². The standard InChI is InChI=1S/C14H20N2O4/c1-20-9-8-16(10-14(18)19)13(17)7-4-11-2-5-12(15)6-3-11/h2-3,5-6H,4,7-10,15H2,1H3,(H,18,19). The summed E-state index contributed by atoms with van der Waals surface area (Å²) in [5.74, 6) is -1.22. The molecule has 0 heterocycles. The van der Waals surface area contributed by atoms with Crippen LogP contribution in [0, 0.1) is 0 Å². The number of carbonyl (C=O) groups excluding carboxylic acids is 1.